The lowest BCUT2D eigenvalue weighted by atomic mass is 9.98. The molecule has 344 valence electrons. The van der Waals surface area contributed by atoms with Crippen molar-refractivity contribution in [3.05, 3.63) is 211 Å². The number of benzene rings is 5. The summed E-state index contributed by atoms with van der Waals surface area (Å²) in [6, 6.07) is 53.3. The molecule has 5 aromatic heterocycles. The maximum Gasteiger partial charge on any atom is 0.310 e. The number of aromatic nitrogens is 7. The largest absolute Gasteiger partial charge is 0.481 e. The van der Waals surface area contributed by atoms with Gasteiger partial charge in [-0.1, -0.05) is 115 Å². The average Bonchev–Trinajstić information content (AvgIpc) is 3.42. The molecule has 1 amide bonds. The van der Waals surface area contributed by atoms with Crippen molar-refractivity contribution in [3.8, 4) is 45.0 Å². The molecule has 0 fully saturated rings. The molecule has 10 rings (SSSR count). The molecule has 2 unspecified atom stereocenters. The van der Waals surface area contributed by atoms with E-state index in [1.54, 1.807) is 38.6 Å². The van der Waals surface area contributed by atoms with E-state index >= 15 is 0 Å². The Kier molecular flexibility index (Phi) is 13.9. The van der Waals surface area contributed by atoms with Gasteiger partial charge in [0, 0.05) is 35.9 Å². The lowest BCUT2D eigenvalue weighted by molar-refractivity contribution is -0.138. The molecule has 10 aromatic rings. The molecule has 0 bridgehead atoms. The number of amides is 1. The number of aliphatic carboxylic acids is 1. The van der Waals surface area contributed by atoms with E-state index < -0.39 is 23.7 Å². The van der Waals surface area contributed by atoms with E-state index in [4.69, 9.17) is 25.7 Å². The Morgan fingerprint density at radius 2 is 1.00 bits per heavy atom. The van der Waals surface area contributed by atoms with Crippen molar-refractivity contribution < 1.29 is 14.7 Å². The van der Waals surface area contributed by atoms with E-state index in [-0.39, 0.29) is 0 Å². The van der Waals surface area contributed by atoms with Crippen molar-refractivity contribution in [2.75, 3.05) is 10.6 Å². The number of pyridine rings is 3. The normalized spacial score (nSPS) is 11.8. The molecule has 5 aromatic carbocycles. The van der Waals surface area contributed by atoms with Crippen LogP contribution in [0, 0.1) is 0 Å². The Morgan fingerprint density at radius 1 is 0.514 bits per heavy atom. The van der Waals surface area contributed by atoms with Gasteiger partial charge in [0.25, 0.3) is 0 Å². The van der Waals surface area contributed by atoms with Crippen LogP contribution in [0.4, 0.5) is 11.6 Å². The fourth-order valence-corrected chi connectivity index (χ4v) is 8.02. The Bertz CT molecular complexity index is 3210. The molecule has 0 radical (unpaired) electrons. The minimum absolute atomic E-state index is 0.409. The topological polar surface area (TPSA) is 195 Å². The summed E-state index contributed by atoms with van der Waals surface area (Å²) in [7, 11) is 0. The van der Waals surface area contributed by atoms with Crippen molar-refractivity contribution in [2.45, 2.75) is 38.8 Å². The first-order valence-electron chi connectivity index (χ1n) is 22.8. The van der Waals surface area contributed by atoms with Crippen LogP contribution in [0.2, 0.25) is 0 Å². The van der Waals surface area contributed by atoms with E-state index in [9.17, 15) is 14.7 Å². The summed E-state index contributed by atoms with van der Waals surface area (Å²) >= 11 is 0. The smallest absolute Gasteiger partial charge is 0.310 e. The Balaban J connectivity index is 0.000000174. The number of nitrogens with zero attached hydrogens (tertiary/aromatic N) is 7. The number of carbonyl (C=O) groups excluding carboxylic acids is 1. The van der Waals surface area contributed by atoms with Crippen LogP contribution >= 0.6 is 0 Å². The second kappa shape index (κ2) is 21.2. The maximum atomic E-state index is 11.7. The predicted octanol–water partition coefficient (Wildman–Crippen LogP) is 11.1. The highest BCUT2D eigenvalue weighted by atomic mass is 16.4. The van der Waals surface area contributed by atoms with Crippen molar-refractivity contribution in [3.63, 3.8) is 0 Å². The number of anilines is 2. The molecule has 0 aliphatic rings. The quantitative estimate of drug-likeness (QED) is 0.0807. The lowest BCUT2D eigenvalue weighted by Gasteiger charge is -2.15. The molecule has 0 saturated heterocycles. The summed E-state index contributed by atoms with van der Waals surface area (Å²) in [5.41, 5.74) is 16.0. The van der Waals surface area contributed by atoms with E-state index in [2.05, 4.69) is 62.0 Å². The summed E-state index contributed by atoms with van der Waals surface area (Å²) in [4.78, 5) is 56.0. The number of nitrogens with two attached hydrogens (primary N) is 1. The Labute approximate surface area is 404 Å². The SMILES string of the molecule is CC(C(=O)O)c1cccc(-c2nc(NCc3ccccn3)c3c(-c4ccccc4)cccc3n2)c1.CC(C(N)=O)c1cncc(-c2nc(NCc3ccccn3)c3c(-c4ccccc4)cccc3n2)c1. The first-order valence-corrected chi connectivity index (χ1v) is 22.8. The number of fused-ring (bicyclic) bond motifs is 2. The summed E-state index contributed by atoms with van der Waals surface area (Å²) in [6.45, 7) is 4.45. The molecule has 70 heavy (non-hydrogen) atoms. The van der Waals surface area contributed by atoms with Crippen LogP contribution in [0.15, 0.2) is 189 Å². The van der Waals surface area contributed by atoms with Gasteiger partial charge in [0.15, 0.2) is 11.6 Å². The predicted molar refractivity (Wildman–Crippen MR) is 275 cm³/mol. The minimum atomic E-state index is -0.869. The molecule has 5 heterocycles. The third-order valence-corrected chi connectivity index (χ3v) is 11.9. The highest BCUT2D eigenvalue weighted by molar-refractivity contribution is 6.03. The number of hydrogen-bond donors (Lipinski definition) is 4. The van der Waals surface area contributed by atoms with Gasteiger partial charge in [-0.25, -0.2) is 19.9 Å². The maximum absolute atomic E-state index is 11.7. The van der Waals surface area contributed by atoms with Crippen molar-refractivity contribution in [2.24, 2.45) is 5.73 Å². The number of hydrogen-bond acceptors (Lipinski definition) is 11. The average molecular weight is 921 g/mol. The summed E-state index contributed by atoms with van der Waals surface area (Å²) in [5, 5.41) is 18.2. The van der Waals surface area contributed by atoms with Crippen LogP contribution in [0.5, 0.6) is 0 Å². The summed E-state index contributed by atoms with van der Waals surface area (Å²) in [6.07, 6.45) is 6.88. The highest BCUT2D eigenvalue weighted by Crippen LogP contribution is 2.36. The third kappa shape index (κ3) is 10.5. The van der Waals surface area contributed by atoms with E-state index in [0.29, 0.717) is 47.5 Å². The summed E-state index contributed by atoms with van der Waals surface area (Å²) in [5.74, 6) is 0.0785. The van der Waals surface area contributed by atoms with Gasteiger partial charge in [-0.05, 0) is 95.8 Å². The van der Waals surface area contributed by atoms with Crippen LogP contribution in [0.3, 0.4) is 0 Å². The second-order valence-corrected chi connectivity index (χ2v) is 16.6. The fourth-order valence-electron chi connectivity index (χ4n) is 8.02. The van der Waals surface area contributed by atoms with Crippen molar-refractivity contribution in [1.29, 1.82) is 0 Å². The number of carboxylic acid groups (broad SMARTS) is 1. The fraction of sp³-hybridized carbons (Fsp3) is 0.105. The zero-order chi connectivity index (χ0) is 48.4. The Morgan fingerprint density at radius 3 is 1.50 bits per heavy atom. The first-order chi connectivity index (χ1) is 34.2. The first kappa shape index (κ1) is 45.9. The van der Waals surface area contributed by atoms with Crippen molar-refractivity contribution in [1.82, 2.24) is 34.9 Å². The van der Waals surface area contributed by atoms with E-state index in [1.165, 1.54) is 0 Å². The standard InChI is InChI=1S/C29H24N4O2.C28H24N6O/c1-19(29(34)35)21-11-7-12-22(17-21)27-32-25-15-8-14-24(20-9-3-2-4-10-20)26(25)28(33-27)31-18-23-13-5-6-16-30-23;1-18(26(29)35)20-14-21(16-30-15-20)27-33-24-12-7-11-23(19-8-3-2-4-9-19)25(24)28(34-27)32-17-22-10-5-6-13-31-22/h2-17,19H,18H2,1H3,(H,34,35)(H,31,32,33);2-16,18H,17H2,1H3,(H2,29,35)(H,32,33,34). The number of primary amides is 1. The monoisotopic (exact) mass is 920 g/mol. The summed E-state index contributed by atoms with van der Waals surface area (Å²) < 4.78 is 0. The number of nitrogens with one attached hydrogen (secondary N) is 2. The third-order valence-electron chi connectivity index (χ3n) is 11.9. The van der Waals surface area contributed by atoms with Crippen LogP contribution in [-0.2, 0) is 22.7 Å². The molecule has 0 saturated carbocycles. The molecule has 13 nitrogen and oxygen atoms in total. The molecule has 2 atom stereocenters. The lowest BCUT2D eigenvalue weighted by Crippen LogP contribution is -2.18. The van der Waals surface area contributed by atoms with Gasteiger partial charge in [0.05, 0.1) is 58.1 Å². The van der Waals surface area contributed by atoms with Gasteiger partial charge in [0.1, 0.15) is 11.6 Å². The Hall–Kier alpha value is -9.23. The van der Waals surface area contributed by atoms with Gasteiger partial charge in [-0.2, -0.15) is 0 Å². The zero-order valence-corrected chi connectivity index (χ0v) is 38.4. The van der Waals surface area contributed by atoms with Gasteiger partial charge in [0.2, 0.25) is 5.91 Å². The van der Waals surface area contributed by atoms with Gasteiger partial charge >= 0.3 is 5.97 Å². The van der Waals surface area contributed by atoms with Gasteiger partial charge in [-0.15, -0.1) is 0 Å². The van der Waals surface area contributed by atoms with Crippen molar-refractivity contribution >= 4 is 45.3 Å². The molecular formula is C57H48N10O3. The molecule has 13 heteroatoms. The van der Waals surface area contributed by atoms with Crippen LogP contribution < -0.4 is 16.4 Å². The second-order valence-electron chi connectivity index (χ2n) is 16.6. The van der Waals surface area contributed by atoms with Crippen LogP contribution in [-0.4, -0.2) is 51.9 Å². The van der Waals surface area contributed by atoms with Crippen LogP contribution in [0.25, 0.3) is 66.8 Å². The van der Waals surface area contributed by atoms with Gasteiger partial charge in [-0.3, -0.25) is 24.5 Å². The highest BCUT2D eigenvalue weighted by Gasteiger charge is 2.20. The van der Waals surface area contributed by atoms with Crippen LogP contribution in [0.1, 0.15) is 48.2 Å². The molecule has 5 N–H and O–H groups in total. The van der Waals surface area contributed by atoms with Gasteiger partial charge < -0.3 is 21.5 Å². The number of carbonyl (C=O) groups is 2. The number of rotatable bonds is 14. The molecule has 0 aliphatic carbocycles. The minimum Gasteiger partial charge on any atom is -0.481 e. The molecule has 0 aliphatic heterocycles. The van der Waals surface area contributed by atoms with E-state index in [0.717, 1.165) is 66.6 Å². The molecule has 0 spiro atoms. The number of carboxylic acids is 1. The molecular weight excluding hydrogens is 873 g/mol. The van der Waals surface area contributed by atoms with E-state index in [1.807, 2.05) is 127 Å². The zero-order valence-electron chi connectivity index (χ0n) is 38.4.